The second-order valence-corrected chi connectivity index (χ2v) is 4.78. The summed E-state index contributed by atoms with van der Waals surface area (Å²) in [4.78, 5) is 6.74. The van der Waals surface area contributed by atoms with Crippen molar-refractivity contribution >= 4 is 5.82 Å². The summed E-state index contributed by atoms with van der Waals surface area (Å²) in [7, 11) is 0. The minimum atomic E-state index is 0.759. The van der Waals surface area contributed by atoms with Crippen molar-refractivity contribution in [3.8, 4) is 0 Å². The van der Waals surface area contributed by atoms with Gasteiger partial charge in [-0.25, -0.2) is 4.98 Å². The largest absolute Gasteiger partial charge is 0.378 e. The quantitative estimate of drug-likeness (QED) is 0.847. The van der Waals surface area contributed by atoms with Gasteiger partial charge in [0.25, 0.3) is 0 Å². The van der Waals surface area contributed by atoms with E-state index in [1.807, 2.05) is 6.20 Å². The van der Waals surface area contributed by atoms with Crippen molar-refractivity contribution in [2.24, 2.45) is 0 Å². The molecule has 0 aromatic carbocycles. The Morgan fingerprint density at radius 1 is 1.35 bits per heavy atom. The maximum Gasteiger partial charge on any atom is 0.128 e. The SMILES string of the molecule is c1cc(CNC2CC2)cc(N2CCOCC2)n1. The fraction of sp³-hybridized carbons (Fsp3) is 0.615. The lowest BCUT2D eigenvalue weighted by Crippen LogP contribution is -2.36. The minimum Gasteiger partial charge on any atom is -0.378 e. The number of nitrogens with one attached hydrogen (secondary N) is 1. The fourth-order valence-corrected chi connectivity index (χ4v) is 2.09. The summed E-state index contributed by atoms with van der Waals surface area (Å²) >= 11 is 0. The lowest BCUT2D eigenvalue weighted by molar-refractivity contribution is 0.122. The van der Waals surface area contributed by atoms with E-state index in [0.29, 0.717) is 0 Å². The van der Waals surface area contributed by atoms with Gasteiger partial charge in [0.2, 0.25) is 0 Å². The third-order valence-corrected chi connectivity index (χ3v) is 3.32. The number of pyridine rings is 1. The third kappa shape index (κ3) is 2.96. The van der Waals surface area contributed by atoms with Crippen LogP contribution in [-0.4, -0.2) is 37.3 Å². The van der Waals surface area contributed by atoms with Gasteiger partial charge in [-0.15, -0.1) is 0 Å². The van der Waals surface area contributed by atoms with Crippen molar-refractivity contribution in [1.29, 1.82) is 0 Å². The lowest BCUT2D eigenvalue weighted by Gasteiger charge is -2.28. The molecule has 1 saturated heterocycles. The summed E-state index contributed by atoms with van der Waals surface area (Å²) in [6, 6.07) is 5.05. The maximum atomic E-state index is 5.36. The van der Waals surface area contributed by atoms with E-state index < -0.39 is 0 Å². The van der Waals surface area contributed by atoms with Gasteiger partial charge < -0.3 is 15.0 Å². The van der Waals surface area contributed by atoms with E-state index in [4.69, 9.17) is 4.74 Å². The molecule has 3 rings (SSSR count). The monoisotopic (exact) mass is 233 g/mol. The summed E-state index contributed by atoms with van der Waals surface area (Å²) < 4.78 is 5.36. The topological polar surface area (TPSA) is 37.4 Å². The van der Waals surface area contributed by atoms with E-state index in [1.165, 1.54) is 18.4 Å². The molecule has 0 bridgehead atoms. The van der Waals surface area contributed by atoms with E-state index >= 15 is 0 Å². The number of ether oxygens (including phenoxy) is 1. The molecule has 2 fully saturated rings. The fourth-order valence-electron chi connectivity index (χ4n) is 2.09. The van der Waals surface area contributed by atoms with Crippen molar-refractivity contribution in [1.82, 2.24) is 10.3 Å². The second kappa shape index (κ2) is 5.02. The Morgan fingerprint density at radius 3 is 2.94 bits per heavy atom. The van der Waals surface area contributed by atoms with Crippen LogP contribution in [0.25, 0.3) is 0 Å². The summed E-state index contributed by atoms with van der Waals surface area (Å²) in [6.07, 6.45) is 4.58. The Kier molecular flexibility index (Phi) is 3.25. The molecule has 0 unspecified atom stereocenters. The number of hydrogen-bond acceptors (Lipinski definition) is 4. The van der Waals surface area contributed by atoms with Crippen LogP contribution in [0.15, 0.2) is 18.3 Å². The molecule has 0 atom stereocenters. The zero-order chi connectivity index (χ0) is 11.5. The first-order valence-corrected chi connectivity index (χ1v) is 6.43. The Labute approximate surface area is 102 Å². The van der Waals surface area contributed by atoms with Gasteiger partial charge in [-0.3, -0.25) is 0 Å². The highest BCUT2D eigenvalue weighted by Gasteiger charge is 2.20. The van der Waals surface area contributed by atoms with Gasteiger partial charge in [0, 0.05) is 31.9 Å². The highest BCUT2D eigenvalue weighted by molar-refractivity contribution is 5.41. The van der Waals surface area contributed by atoms with Gasteiger partial charge in [-0.2, -0.15) is 0 Å². The van der Waals surface area contributed by atoms with Crippen molar-refractivity contribution in [3.63, 3.8) is 0 Å². The summed E-state index contributed by atoms with van der Waals surface area (Å²) in [5, 5.41) is 3.53. The molecule has 1 N–H and O–H groups in total. The van der Waals surface area contributed by atoms with E-state index in [-0.39, 0.29) is 0 Å². The molecule has 1 aliphatic heterocycles. The van der Waals surface area contributed by atoms with Crippen LogP contribution in [0.5, 0.6) is 0 Å². The van der Waals surface area contributed by atoms with E-state index in [1.54, 1.807) is 0 Å². The number of hydrogen-bond donors (Lipinski definition) is 1. The zero-order valence-electron chi connectivity index (χ0n) is 10.1. The smallest absolute Gasteiger partial charge is 0.128 e. The number of nitrogens with zero attached hydrogens (tertiary/aromatic N) is 2. The highest BCUT2D eigenvalue weighted by Crippen LogP contribution is 2.20. The van der Waals surface area contributed by atoms with Crippen LogP contribution in [0.2, 0.25) is 0 Å². The minimum absolute atomic E-state index is 0.759. The average molecular weight is 233 g/mol. The van der Waals surface area contributed by atoms with Gasteiger partial charge in [0.15, 0.2) is 0 Å². The van der Waals surface area contributed by atoms with Crippen LogP contribution in [0, 0.1) is 0 Å². The number of morpholine rings is 1. The van der Waals surface area contributed by atoms with Crippen LogP contribution in [0.4, 0.5) is 5.82 Å². The Hall–Kier alpha value is -1.13. The lowest BCUT2D eigenvalue weighted by atomic mass is 10.2. The van der Waals surface area contributed by atoms with Crippen LogP contribution in [-0.2, 0) is 11.3 Å². The third-order valence-electron chi connectivity index (χ3n) is 3.32. The van der Waals surface area contributed by atoms with Gasteiger partial charge in [-0.05, 0) is 30.5 Å². The van der Waals surface area contributed by atoms with Gasteiger partial charge in [0.05, 0.1) is 13.2 Å². The van der Waals surface area contributed by atoms with Crippen LogP contribution in [0.1, 0.15) is 18.4 Å². The average Bonchev–Trinajstić information content (AvgIpc) is 3.22. The van der Waals surface area contributed by atoms with Crippen molar-refractivity contribution in [2.45, 2.75) is 25.4 Å². The van der Waals surface area contributed by atoms with E-state index in [0.717, 1.165) is 44.7 Å². The first kappa shape index (κ1) is 11.0. The predicted octanol–water partition coefficient (Wildman–Crippen LogP) is 1.17. The molecular weight excluding hydrogens is 214 g/mol. The number of rotatable bonds is 4. The molecule has 17 heavy (non-hydrogen) atoms. The zero-order valence-corrected chi connectivity index (χ0v) is 10.1. The van der Waals surface area contributed by atoms with Crippen molar-refractivity contribution < 1.29 is 4.74 Å². The Morgan fingerprint density at radius 2 is 2.18 bits per heavy atom. The molecule has 0 spiro atoms. The van der Waals surface area contributed by atoms with Crippen LogP contribution < -0.4 is 10.2 Å². The standard InChI is InChI=1S/C13H19N3O/c1-2-12(1)15-10-11-3-4-14-13(9-11)16-5-7-17-8-6-16/h3-4,9,12,15H,1-2,5-8,10H2. The van der Waals surface area contributed by atoms with Crippen LogP contribution >= 0.6 is 0 Å². The molecule has 4 nitrogen and oxygen atoms in total. The summed E-state index contributed by atoms with van der Waals surface area (Å²) in [5.41, 5.74) is 1.33. The normalized spacial score (nSPS) is 20.6. The molecule has 2 aliphatic rings. The highest BCUT2D eigenvalue weighted by atomic mass is 16.5. The molecule has 1 aromatic rings. The molecule has 1 aromatic heterocycles. The first-order valence-electron chi connectivity index (χ1n) is 6.43. The van der Waals surface area contributed by atoms with Crippen molar-refractivity contribution in [3.05, 3.63) is 23.9 Å². The van der Waals surface area contributed by atoms with Gasteiger partial charge >= 0.3 is 0 Å². The Bertz CT molecular complexity index is 373. The van der Waals surface area contributed by atoms with Gasteiger partial charge in [-0.1, -0.05) is 0 Å². The maximum absolute atomic E-state index is 5.36. The Balaban J connectivity index is 1.64. The molecule has 4 heteroatoms. The summed E-state index contributed by atoms with van der Waals surface area (Å²) in [6.45, 7) is 4.49. The first-order chi connectivity index (χ1) is 8.42. The van der Waals surface area contributed by atoms with E-state index in [2.05, 4.69) is 27.3 Å². The summed E-state index contributed by atoms with van der Waals surface area (Å²) in [5.74, 6) is 1.09. The molecular formula is C13H19N3O. The number of aromatic nitrogens is 1. The van der Waals surface area contributed by atoms with Crippen LogP contribution in [0.3, 0.4) is 0 Å². The molecule has 2 heterocycles. The molecule has 0 amide bonds. The van der Waals surface area contributed by atoms with Crippen molar-refractivity contribution in [2.75, 3.05) is 31.2 Å². The van der Waals surface area contributed by atoms with E-state index in [9.17, 15) is 0 Å². The molecule has 0 radical (unpaired) electrons. The predicted molar refractivity (Wildman–Crippen MR) is 67.1 cm³/mol. The second-order valence-electron chi connectivity index (χ2n) is 4.78. The van der Waals surface area contributed by atoms with Gasteiger partial charge in [0.1, 0.15) is 5.82 Å². The molecule has 1 aliphatic carbocycles. The number of anilines is 1. The molecule has 92 valence electrons. The molecule has 1 saturated carbocycles.